The van der Waals surface area contributed by atoms with Crippen molar-refractivity contribution in [1.82, 2.24) is 10.6 Å². The van der Waals surface area contributed by atoms with Gasteiger partial charge in [-0.2, -0.15) is 0 Å². The molecule has 1 aromatic rings. The molecule has 0 saturated heterocycles. The summed E-state index contributed by atoms with van der Waals surface area (Å²) in [5.74, 6) is 1.40. The molecule has 0 spiro atoms. The number of urea groups is 1. The molecule has 24 heavy (non-hydrogen) atoms. The first-order valence-electron chi connectivity index (χ1n) is 8.51. The minimum absolute atomic E-state index is 0.149. The van der Waals surface area contributed by atoms with Crippen molar-refractivity contribution in [3.8, 4) is 11.5 Å². The van der Waals surface area contributed by atoms with Gasteiger partial charge in [-0.15, -0.1) is 0 Å². The molecule has 0 unspecified atom stereocenters. The highest BCUT2D eigenvalue weighted by atomic mass is 16.5. The lowest BCUT2D eigenvalue weighted by Crippen LogP contribution is -2.37. The molecular weight excluding hydrogens is 308 g/mol. The van der Waals surface area contributed by atoms with E-state index in [2.05, 4.69) is 17.6 Å². The number of rotatable bonds is 12. The van der Waals surface area contributed by atoms with Gasteiger partial charge in [-0.25, -0.2) is 4.79 Å². The minimum Gasteiger partial charge on any atom is -0.493 e. The molecule has 136 valence electrons. The molecule has 6 heteroatoms. The highest BCUT2D eigenvalue weighted by Crippen LogP contribution is 2.27. The van der Waals surface area contributed by atoms with Crippen molar-refractivity contribution >= 4 is 6.03 Å². The van der Waals surface area contributed by atoms with Crippen molar-refractivity contribution in [2.75, 3.05) is 40.5 Å². The summed E-state index contributed by atoms with van der Waals surface area (Å²) in [6.45, 7) is 4.81. The van der Waals surface area contributed by atoms with Gasteiger partial charge in [-0.05, 0) is 37.0 Å². The van der Waals surface area contributed by atoms with E-state index in [-0.39, 0.29) is 6.03 Å². The molecule has 0 bridgehead atoms. The lowest BCUT2D eigenvalue weighted by molar-refractivity contribution is 0.129. The molecule has 0 aromatic heterocycles. The van der Waals surface area contributed by atoms with Crippen LogP contribution >= 0.6 is 0 Å². The first-order chi connectivity index (χ1) is 11.7. The largest absolute Gasteiger partial charge is 0.493 e. The Kier molecular flexibility index (Phi) is 10.4. The molecular formula is C18H30N2O4. The number of methoxy groups -OCH3 is 2. The van der Waals surface area contributed by atoms with Crippen molar-refractivity contribution in [2.45, 2.75) is 32.6 Å². The molecule has 0 aliphatic heterocycles. The van der Waals surface area contributed by atoms with E-state index in [9.17, 15) is 4.79 Å². The van der Waals surface area contributed by atoms with Crippen LogP contribution in [0, 0.1) is 0 Å². The van der Waals surface area contributed by atoms with E-state index in [1.54, 1.807) is 14.2 Å². The third-order valence-corrected chi connectivity index (χ3v) is 3.54. The zero-order valence-corrected chi connectivity index (χ0v) is 15.0. The van der Waals surface area contributed by atoms with E-state index >= 15 is 0 Å². The van der Waals surface area contributed by atoms with Gasteiger partial charge in [0.15, 0.2) is 11.5 Å². The van der Waals surface area contributed by atoms with Crippen LogP contribution in [-0.4, -0.2) is 46.6 Å². The molecule has 0 aliphatic rings. The van der Waals surface area contributed by atoms with Gasteiger partial charge in [0.05, 0.1) is 14.2 Å². The normalized spacial score (nSPS) is 10.3. The monoisotopic (exact) mass is 338 g/mol. The van der Waals surface area contributed by atoms with Gasteiger partial charge in [0.2, 0.25) is 0 Å². The number of hydrogen-bond acceptors (Lipinski definition) is 4. The van der Waals surface area contributed by atoms with Gasteiger partial charge in [-0.1, -0.05) is 19.4 Å². The minimum atomic E-state index is -0.149. The van der Waals surface area contributed by atoms with E-state index < -0.39 is 0 Å². The first kappa shape index (κ1) is 20.1. The number of ether oxygens (including phenoxy) is 3. The number of nitrogens with one attached hydrogen (secondary N) is 2. The van der Waals surface area contributed by atoms with Gasteiger partial charge in [0, 0.05) is 26.3 Å². The van der Waals surface area contributed by atoms with Gasteiger partial charge in [0.1, 0.15) is 0 Å². The van der Waals surface area contributed by atoms with Crippen LogP contribution in [0.3, 0.4) is 0 Å². The van der Waals surface area contributed by atoms with Gasteiger partial charge >= 0.3 is 6.03 Å². The van der Waals surface area contributed by atoms with Crippen molar-refractivity contribution in [3.05, 3.63) is 23.8 Å². The Bertz CT molecular complexity index is 480. The van der Waals surface area contributed by atoms with Crippen molar-refractivity contribution in [3.63, 3.8) is 0 Å². The van der Waals surface area contributed by atoms with Crippen LogP contribution in [-0.2, 0) is 11.2 Å². The van der Waals surface area contributed by atoms with Crippen molar-refractivity contribution < 1.29 is 19.0 Å². The standard InChI is InChI=1S/C18H30N2O4/c1-4-5-12-24-13-6-10-19-18(21)20-11-9-15-7-8-16(22-2)17(14-15)23-3/h7-8,14H,4-6,9-13H2,1-3H3,(H2,19,20,21). The Morgan fingerprint density at radius 2 is 1.71 bits per heavy atom. The maximum absolute atomic E-state index is 11.7. The van der Waals surface area contributed by atoms with Crippen LogP contribution in [0.25, 0.3) is 0 Å². The van der Waals surface area contributed by atoms with Crippen LogP contribution in [0.4, 0.5) is 4.79 Å². The summed E-state index contributed by atoms with van der Waals surface area (Å²) in [5, 5.41) is 5.67. The summed E-state index contributed by atoms with van der Waals surface area (Å²) in [4.78, 5) is 11.7. The summed E-state index contributed by atoms with van der Waals surface area (Å²) in [6, 6.07) is 5.61. The van der Waals surface area contributed by atoms with E-state index in [0.29, 0.717) is 31.2 Å². The Balaban J connectivity index is 2.15. The molecule has 0 aliphatic carbocycles. The van der Waals surface area contributed by atoms with Crippen LogP contribution in [0.15, 0.2) is 18.2 Å². The predicted octanol–water partition coefficient (Wildman–Crippen LogP) is 2.75. The summed E-state index contributed by atoms with van der Waals surface area (Å²) < 4.78 is 15.9. The molecule has 2 N–H and O–H groups in total. The van der Waals surface area contributed by atoms with E-state index in [4.69, 9.17) is 14.2 Å². The Morgan fingerprint density at radius 3 is 2.42 bits per heavy atom. The second-order valence-electron chi connectivity index (χ2n) is 5.44. The number of carbonyl (C=O) groups excluding carboxylic acids is 1. The fourth-order valence-corrected chi connectivity index (χ4v) is 2.14. The second kappa shape index (κ2) is 12.5. The number of hydrogen-bond donors (Lipinski definition) is 2. The summed E-state index contributed by atoms with van der Waals surface area (Å²) in [5.41, 5.74) is 1.08. The molecule has 6 nitrogen and oxygen atoms in total. The Hall–Kier alpha value is -1.95. The van der Waals surface area contributed by atoms with Gasteiger partial charge in [-0.3, -0.25) is 0 Å². The third kappa shape index (κ3) is 8.06. The summed E-state index contributed by atoms with van der Waals surface area (Å²) in [6.07, 6.45) is 3.78. The molecule has 1 aromatic carbocycles. The van der Waals surface area contributed by atoms with E-state index in [0.717, 1.165) is 37.9 Å². The topological polar surface area (TPSA) is 68.8 Å². The van der Waals surface area contributed by atoms with E-state index in [1.165, 1.54) is 0 Å². The van der Waals surface area contributed by atoms with Crippen LogP contribution in [0.2, 0.25) is 0 Å². The smallest absolute Gasteiger partial charge is 0.314 e. The van der Waals surface area contributed by atoms with Crippen molar-refractivity contribution in [1.29, 1.82) is 0 Å². The van der Waals surface area contributed by atoms with E-state index in [1.807, 2.05) is 18.2 Å². The second-order valence-corrected chi connectivity index (χ2v) is 5.44. The highest BCUT2D eigenvalue weighted by Gasteiger charge is 2.05. The highest BCUT2D eigenvalue weighted by molar-refractivity contribution is 5.73. The maximum atomic E-state index is 11.7. The summed E-state index contributed by atoms with van der Waals surface area (Å²) in [7, 11) is 3.22. The Morgan fingerprint density at radius 1 is 1.00 bits per heavy atom. The SMILES string of the molecule is CCCCOCCCNC(=O)NCCc1ccc(OC)c(OC)c1. The van der Waals surface area contributed by atoms with Gasteiger partial charge < -0.3 is 24.8 Å². The number of benzene rings is 1. The van der Waals surface area contributed by atoms with Crippen LogP contribution in [0.1, 0.15) is 31.7 Å². The lowest BCUT2D eigenvalue weighted by Gasteiger charge is -2.10. The number of carbonyl (C=O) groups is 1. The fraction of sp³-hybridized carbons (Fsp3) is 0.611. The predicted molar refractivity (Wildman–Crippen MR) is 95.0 cm³/mol. The quantitative estimate of drug-likeness (QED) is 0.575. The number of amides is 2. The lowest BCUT2D eigenvalue weighted by atomic mass is 10.1. The average molecular weight is 338 g/mol. The number of unbranched alkanes of at least 4 members (excludes halogenated alkanes) is 1. The molecule has 0 saturated carbocycles. The zero-order valence-electron chi connectivity index (χ0n) is 15.0. The Labute approximate surface area is 144 Å². The molecule has 0 radical (unpaired) electrons. The molecule has 2 amide bonds. The fourth-order valence-electron chi connectivity index (χ4n) is 2.14. The molecule has 0 heterocycles. The molecule has 1 rings (SSSR count). The molecule has 0 fully saturated rings. The molecule has 0 atom stereocenters. The first-order valence-corrected chi connectivity index (χ1v) is 8.51. The average Bonchev–Trinajstić information content (AvgIpc) is 2.60. The summed E-state index contributed by atoms with van der Waals surface area (Å²) >= 11 is 0. The zero-order chi connectivity index (χ0) is 17.6. The van der Waals surface area contributed by atoms with Crippen LogP contribution in [0.5, 0.6) is 11.5 Å². The van der Waals surface area contributed by atoms with Crippen molar-refractivity contribution in [2.24, 2.45) is 0 Å². The van der Waals surface area contributed by atoms with Crippen LogP contribution < -0.4 is 20.1 Å². The van der Waals surface area contributed by atoms with Gasteiger partial charge in [0.25, 0.3) is 0 Å². The third-order valence-electron chi connectivity index (χ3n) is 3.54. The maximum Gasteiger partial charge on any atom is 0.314 e.